The number of rotatable bonds is 4. The largest absolute Gasteiger partial charge is 0.308 e. The number of aryl methyl sites for hydroxylation is 3. The Morgan fingerprint density at radius 2 is 2.05 bits per heavy atom. The molecule has 0 saturated heterocycles. The number of aromatic amines is 1. The van der Waals surface area contributed by atoms with Crippen molar-refractivity contribution in [3.63, 3.8) is 0 Å². The third kappa shape index (κ3) is 2.71. The van der Waals surface area contributed by atoms with Crippen LogP contribution < -0.4 is 11.3 Å². The van der Waals surface area contributed by atoms with Crippen LogP contribution in [-0.2, 0) is 5.75 Å². The van der Waals surface area contributed by atoms with Crippen LogP contribution in [0.1, 0.15) is 22.1 Å². The standard InChI is InChI=1S/C12H15N7S2/c1-5-6(2)21-11-9(5)10(17-13)15-8(16-11)4-20-12-14-7(3)18-19-12/h4,13H2,1-3H3,(H,14,18,19)(H,15,16,17). The Hall–Kier alpha value is -1.71. The summed E-state index contributed by atoms with van der Waals surface area (Å²) in [5.74, 6) is 8.37. The number of nitrogens with zero attached hydrogens (tertiary/aromatic N) is 4. The smallest absolute Gasteiger partial charge is 0.208 e. The molecule has 4 N–H and O–H groups in total. The van der Waals surface area contributed by atoms with Crippen molar-refractivity contribution in [2.24, 2.45) is 5.84 Å². The van der Waals surface area contributed by atoms with E-state index in [1.54, 1.807) is 11.3 Å². The van der Waals surface area contributed by atoms with Crippen LogP contribution in [-0.4, -0.2) is 25.1 Å². The van der Waals surface area contributed by atoms with Gasteiger partial charge in [-0.3, -0.25) is 5.10 Å². The number of nitrogens with two attached hydrogens (primary N) is 1. The maximum atomic E-state index is 5.60. The Kier molecular flexibility index (Phi) is 3.79. The van der Waals surface area contributed by atoms with Gasteiger partial charge in [0.1, 0.15) is 16.5 Å². The highest BCUT2D eigenvalue weighted by Gasteiger charge is 2.14. The molecule has 0 aliphatic rings. The molecule has 0 fully saturated rings. The molecule has 3 rings (SSSR count). The van der Waals surface area contributed by atoms with Crippen LogP contribution in [0.4, 0.5) is 5.82 Å². The van der Waals surface area contributed by atoms with E-state index in [9.17, 15) is 0 Å². The van der Waals surface area contributed by atoms with Crippen molar-refractivity contribution in [1.82, 2.24) is 25.1 Å². The molecule has 7 nitrogen and oxygen atoms in total. The van der Waals surface area contributed by atoms with Crippen molar-refractivity contribution in [1.29, 1.82) is 0 Å². The van der Waals surface area contributed by atoms with E-state index in [0.717, 1.165) is 16.0 Å². The minimum absolute atomic E-state index is 0.595. The van der Waals surface area contributed by atoms with Gasteiger partial charge >= 0.3 is 0 Å². The average molecular weight is 321 g/mol. The Morgan fingerprint density at radius 3 is 2.71 bits per heavy atom. The van der Waals surface area contributed by atoms with Crippen LogP contribution in [0, 0.1) is 20.8 Å². The van der Waals surface area contributed by atoms with Crippen molar-refractivity contribution in [3.8, 4) is 0 Å². The Balaban J connectivity index is 1.92. The fourth-order valence-electron chi connectivity index (χ4n) is 1.98. The predicted molar refractivity (Wildman–Crippen MR) is 85.4 cm³/mol. The second-order valence-corrected chi connectivity index (χ2v) is 6.73. The first-order valence-corrected chi connectivity index (χ1v) is 8.13. The summed E-state index contributed by atoms with van der Waals surface area (Å²) in [4.78, 5) is 15.5. The fraction of sp³-hybridized carbons (Fsp3) is 0.333. The summed E-state index contributed by atoms with van der Waals surface area (Å²) in [7, 11) is 0. The molecule has 0 aliphatic carbocycles. The molecule has 21 heavy (non-hydrogen) atoms. The minimum atomic E-state index is 0.595. The van der Waals surface area contributed by atoms with Gasteiger partial charge in [0, 0.05) is 4.88 Å². The maximum Gasteiger partial charge on any atom is 0.208 e. The Labute approximate surface area is 129 Å². The normalized spacial score (nSPS) is 11.2. The van der Waals surface area contributed by atoms with Gasteiger partial charge in [-0.15, -0.1) is 16.4 Å². The highest BCUT2D eigenvalue weighted by Crippen LogP contribution is 2.33. The van der Waals surface area contributed by atoms with Gasteiger partial charge in [-0.25, -0.2) is 20.8 Å². The fourth-order valence-corrected chi connectivity index (χ4v) is 3.73. The van der Waals surface area contributed by atoms with Crippen molar-refractivity contribution < 1.29 is 0 Å². The zero-order valence-electron chi connectivity index (χ0n) is 11.9. The van der Waals surface area contributed by atoms with Crippen LogP contribution in [0.25, 0.3) is 10.2 Å². The summed E-state index contributed by atoms with van der Waals surface area (Å²) < 4.78 is 0. The number of hydrazine groups is 1. The second-order valence-electron chi connectivity index (χ2n) is 4.59. The van der Waals surface area contributed by atoms with E-state index in [1.165, 1.54) is 22.2 Å². The predicted octanol–water partition coefficient (Wildman–Crippen LogP) is 2.31. The van der Waals surface area contributed by atoms with E-state index in [4.69, 9.17) is 5.84 Å². The Bertz CT molecular complexity index is 792. The minimum Gasteiger partial charge on any atom is -0.308 e. The number of anilines is 1. The van der Waals surface area contributed by atoms with Crippen LogP contribution in [0.15, 0.2) is 5.16 Å². The van der Waals surface area contributed by atoms with Crippen molar-refractivity contribution in [2.75, 3.05) is 5.43 Å². The van der Waals surface area contributed by atoms with Crippen molar-refractivity contribution in [2.45, 2.75) is 31.7 Å². The van der Waals surface area contributed by atoms with E-state index in [0.29, 0.717) is 22.6 Å². The first kappa shape index (κ1) is 14.2. The van der Waals surface area contributed by atoms with Gasteiger partial charge in [-0.2, -0.15) is 0 Å². The van der Waals surface area contributed by atoms with Crippen LogP contribution in [0.5, 0.6) is 0 Å². The number of hydrogen-bond donors (Lipinski definition) is 3. The number of nitrogens with one attached hydrogen (secondary N) is 2. The number of fused-ring (bicyclic) bond motifs is 1. The van der Waals surface area contributed by atoms with Gasteiger partial charge < -0.3 is 5.43 Å². The first-order valence-electron chi connectivity index (χ1n) is 6.33. The first-order chi connectivity index (χ1) is 10.1. The summed E-state index contributed by atoms with van der Waals surface area (Å²) >= 11 is 3.15. The van der Waals surface area contributed by atoms with E-state index in [-0.39, 0.29) is 0 Å². The lowest BCUT2D eigenvalue weighted by atomic mass is 10.2. The lowest BCUT2D eigenvalue weighted by Crippen LogP contribution is -2.10. The topological polar surface area (TPSA) is 105 Å². The van der Waals surface area contributed by atoms with E-state index in [2.05, 4.69) is 44.4 Å². The summed E-state index contributed by atoms with van der Waals surface area (Å²) in [5, 5.41) is 8.60. The molecule has 0 amide bonds. The molecule has 0 aromatic carbocycles. The molecule has 0 saturated carbocycles. The lowest BCUT2D eigenvalue weighted by molar-refractivity contribution is 0.964. The molecule has 0 aliphatic heterocycles. The molecule has 0 spiro atoms. The van der Waals surface area contributed by atoms with E-state index >= 15 is 0 Å². The number of thioether (sulfide) groups is 1. The molecule has 0 radical (unpaired) electrons. The highest BCUT2D eigenvalue weighted by atomic mass is 32.2. The molecule has 110 valence electrons. The number of H-pyrrole nitrogens is 1. The van der Waals surface area contributed by atoms with Crippen molar-refractivity contribution in [3.05, 3.63) is 22.1 Å². The van der Waals surface area contributed by atoms with Crippen LogP contribution in [0.2, 0.25) is 0 Å². The van der Waals surface area contributed by atoms with Crippen molar-refractivity contribution >= 4 is 39.1 Å². The monoisotopic (exact) mass is 321 g/mol. The van der Waals surface area contributed by atoms with Gasteiger partial charge in [-0.1, -0.05) is 11.8 Å². The van der Waals surface area contributed by atoms with Gasteiger partial charge in [0.2, 0.25) is 5.16 Å². The van der Waals surface area contributed by atoms with E-state index in [1.807, 2.05) is 6.92 Å². The molecule has 3 heterocycles. The molecule has 0 atom stereocenters. The Morgan fingerprint density at radius 1 is 1.24 bits per heavy atom. The molecule has 3 aromatic rings. The molecule has 3 aromatic heterocycles. The molecule has 9 heteroatoms. The molecular formula is C12H15N7S2. The SMILES string of the molecule is Cc1nc(SCc2nc(NN)c3c(C)c(C)sc3n2)n[nH]1. The number of nitrogen functional groups attached to an aromatic ring is 1. The van der Waals surface area contributed by atoms with Gasteiger partial charge in [-0.05, 0) is 26.3 Å². The third-order valence-corrected chi connectivity index (χ3v) is 5.06. The zero-order valence-corrected chi connectivity index (χ0v) is 13.5. The lowest BCUT2D eigenvalue weighted by Gasteiger charge is -2.05. The summed E-state index contributed by atoms with van der Waals surface area (Å²) in [6.45, 7) is 6.00. The summed E-state index contributed by atoms with van der Waals surface area (Å²) in [6, 6.07) is 0. The summed E-state index contributed by atoms with van der Waals surface area (Å²) in [5.41, 5.74) is 3.85. The van der Waals surface area contributed by atoms with Crippen LogP contribution in [0.3, 0.4) is 0 Å². The number of hydrogen-bond acceptors (Lipinski definition) is 8. The molecule has 0 unspecified atom stereocenters. The number of thiophene rings is 1. The quantitative estimate of drug-likeness (QED) is 0.384. The maximum absolute atomic E-state index is 5.60. The summed E-state index contributed by atoms with van der Waals surface area (Å²) in [6.07, 6.45) is 0. The highest BCUT2D eigenvalue weighted by molar-refractivity contribution is 7.98. The average Bonchev–Trinajstić information content (AvgIpc) is 3.00. The van der Waals surface area contributed by atoms with Crippen LogP contribution >= 0.6 is 23.1 Å². The van der Waals surface area contributed by atoms with Gasteiger partial charge in [0.05, 0.1) is 11.1 Å². The third-order valence-electron chi connectivity index (χ3n) is 3.12. The number of aromatic nitrogens is 5. The molecule has 0 bridgehead atoms. The second kappa shape index (κ2) is 5.58. The zero-order chi connectivity index (χ0) is 15.0. The molecular weight excluding hydrogens is 306 g/mol. The van der Waals surface area contributed by atoms with Gasteiger partial charge in [0.15, 0.2) is 5.82 Å². The van der Waals surface area contributed by atoms with E-state index < -0.39 is 0 Å². The van der Waals surface area contributed by atoms with Gasteiger partial charge in [0.25, 0.3) is 0 Å².